The number of rotatable bonds is 30. The van der Waals surface area contributed by atoms with Crippen LogP contribution in [0.15, 0.2) is 243 Å². The first-order chi connectivity index (χ1) is 51.6. The lowest BCUT2D eigenvalue weighted by atomic mass is 9.80. The largest absolute Gasteiger partial charge is 0.494 e. The predicted molar refractivity (Wildman–Crippen MR) is 390 cm³/mol. The van der Waals surface area contributed by atoms with E-state index in [0.29, 0.717) is 27.3 Å². The quantitative estimate of drug-likeness (QED) is 0.0363. The van der Waals surface area contributed by atoms with Crippen LogP contribution in [0.1, 0.15) is 66.8 Å². The Labute approximate surface area is 623 Å². The molecule has 3 aliphatic heterocycles. The van der Waals surface area contributed by atoms with E-state index in [9.17, 15) is 24.1 Å². The molecule has 13 rings (SSSR count). The zero-order valence-electron chi connectivity index (χ0n) is 58.6. The van der Waals surface area contributed by atoms with Crippen LogP contribution < -0.4 is 9.47 Å². The van der Waals surface area contributed by atoms with Crippen LogP contribution in [0, 0.1) is 23.3 Å². The molecule has 10 aromatic carbocycles. The molecule has 3 heterocycles. The highest BCUT2D eigenvalue weighted by molar-refractivity contribution is 6.31. The zero-order valence-corrected chi connectivity index (χ0v) is 60.1. The number of hydrogen-bond acceptors (Lipinski definition) is 15. The molecular weight excluding hydrogens is 1410 g/mol. The van der Waals surface area contributed by atoms with Crippen molar-refractivity contribution in [2.75, 3.05) is 47.8 Å². The fourth-order valence-electron chi connectivity index (χ4n) is 13.7. The van der Waals surface area contributed by atoms with Crippen LogP contribution >= 0.6 is 23.2 Å². The molecule has 106 heavy (non-hydrogen) atoms. The van der Waals surface area contributed by atoms with Gasteiger partial charge in [-0.25, -0.2) is 8.78 Å². The number of halogens is 6. The molecule has 0 radical (unpaired) electrons. The Hall–Kier alpha value is -8.42. The van der Waals surface area contributed by atoms with Crippen molar-refractivity contribution < 1.29 is 89.7 Å². The first-order valence-corrected chi connectivity index (χ1v) is 35.3. The Kier molecular flexibility index (Phi) is 25.9. The van der Waals surface area contributed by atoms with Crippen molar-refractivity contribution in [3.05, 3.63) is 343 Å². The van der Waals surface area contributed by atoms with Crippen molar-refractivity contribution in [1.29, 1.82) is 0 Å². The molecule has 0 aromatic heterocycles. The minimum atomic E-state index is -1.88. The predicted octanol–water partition coefficient (Wildman–Crippen LogP) is 15.4. The molecule has 0 aliphatic carbocycles. The van der Waals surface area contributed by atoms with Gasteiger partial charge in [0.1, 0.15) is 47.8 Å². The van der Waals surface area contributed by atoms with Gasteiger partial charge >= 0.3 is 0 Å². The lowest BCUT2D eigenvalue weighted by Gasteiger charge is -2.56. The van der Waals surface area contributed by atoms with Crippen molar-refractivity contribution in [2.45, 2.75) is 112 Å². The maximum Gasteiger partial charge on any atom is 0.225 e. The van der Waals surface area contributed by atoms with E-state index >= 15 is 8.78 Å². The summed E-state index contributed by atoms with van der Waals surface area (Å²) in [4.78, 5) is 0. The molecule has 10 aromatic rings. The summed E-state index contributed by atoms with van der Waals surface area (Å²) in [6, 6.07) is 73.3. The minimum Gasteiger partial charge on any atom is -0.494 e. The van der Waals surface area contributed by atoms with E-state index in [1.165, 1.54) is 45.6 Å². The topological polar surface area (TPSA) is 171 Å². The number of aliphatic hydroxyl groups excluding tert-OH is 3. The molecule has 0 amide bonds. The first-order valence-electron chi connectivity index (χ1n) is 34.6. The molecule has 3 fully saturated rings. The first kappa shape index (κ1) is 77.2. The summed E-state index contributed by atoms with van der Waals surface area (Å²) >= 11 is 13.4. The Bertz CT molecular complexity index is 4470. The third kappa shape index (κ3) is 17.0. The average molecular weight is 1490 g/mol. The minimum absolute atomic E-state index is 0.0348. The van der Waals surface area contributed by atoms with Gasteiger partial charge in [-0.1, -0.05) is 229 Å². The number of benzene rings is 10. The van der Waals surface area contributed by atoms with Crippen molar-refractivity contribution >= 4 is 23.2 Å². The van der Waals surface area contributed by atoms with E-state index in [0.717, 1.165) is 33.4 Å². The molecule has 3 saturated heterocycles. The second kappa shape index (κ2) is 35.5. The van der Waals surface area contributed by atoms with Gasteiger partial charge in [0, 0.05) is 41.1 Å². The molecule has 0 unspecified atom stereocenters. The molecule has 3 aliphatic rings. The van der Waals surface area contributed by atoms with Gasteiger partial charge in [0.2, 0.25) is 23.2 Å². The third-order valence-corrected chi connectivity index (χ3v) is 20.1. The molecule has 0 saturated carbocycles. The number of ether oxygens (including phenoxy) is 12. The fraction of sp³-hybridized carbons (Fsp3) is 0.294. The summed E-state index contributed by atoms with van der Waals surface area (Å²) in [5, 5.41) is 34.0. The molecular formula is C85H82Cl2F4O15. The third-order valence-electron chi connectivity index (χ3n) is 19.3. The highest BCUT2D eigenvalue weighted by Gasteiger charge is 2.70. The lowest BCUT2D eigenvalue weighted by molar-refractivity contribution is -0.417. The van der Waals surface area contributed by atoms with Crippen LogP contribution in [-0.4, -0.2) is 111 Å². The smallest absolute Gasteiger partial charge is 0.225 e. The van der Waals surface area contributed by atoms with Crippen molar-refractivity contribution in [3.63, 3.8) is 0 Å². The number of methoxy groups -OCH3 is 3. The molecule has 554 valence electrons. The Morgan fingerprint density at radius 2 is 0.736 bits per heavy atom. The van der Waals surface area contributed by atoms with E-state index in [4.69, 9.17) is 80.0 Å². The van der Waals surface area contributed by atoms with Gasteiger partial charge in [-0.15, -0.1) is 0 Å². The van der Waals surface area contributed by atoms with E-state index < -0.39 is 102 Å². The summed E-state index contributed by atoms with van der Waals surface area (Å²) < 4.78 is 137. The molecule has 21 heteroatoms. The SMILES string of the molecule is COc1ccc(Cc2cc([C@]3(OC)OC(CO)(CO)[C@@H](OCc4ccccc4)[C@H](OCc4ccccc4)[C@H]3OCc3ccccc3)ccc2Cl)c(F)c1F.COc1ccc(Cc2cc([C@]34OC[C@@](CO)(O3)[C@H](OCc3ccccc3)[C@H](OCc3ccccc3)[C@@H]4OCc3ccccc3)ccc2Cl)c(F)c1F. The van der Waals surface area contributed by atoms with Crippen LogP contribution in [0.2, 0.25) is 10.0 Å². The van der Waals surface area contributed by atoms with Gasteiger partial charge in [-0.3, -0.25) is 0 Å². The van der Waals surface area contributed by atoms with E-state index in [1.54, 1.807) is 36.4 Å². The molecule has 2 bridgehead atoms. The van der Waals surface area contributed by atoms with E-state index in [2.05, 4.69) is 0 Å². The van der Waals surface area contributed by atoms with Crippen molar-refractivity contribution in [3.8, 4) is 11.5 Å². The van der Waals surface area contributed by atoms with Gasteiger partial charge in [-0.2, -0.15) is 8.78 Å². The highest BCUT2D eigenvalue weighted by Crippen LogP contribution is 2.54. The fourth-order valence-corrected chi connectivity index (χ4v) is 14.1. The number of fused-ring (bicyclic) bond motifs is 2. The van der Waals surface area contributed by atoms with Gasteiger partial charge in [0.05, 0.1) is 80.3 Å². The number of aliphatic hydroxyl groups is 3. The Balaban J connectivity index is 0.000000199. The van der Waals surface area contributed by atoms with E-state index in [1.807, 2.05) is 182 Å². The Morgan fingerprint density at radius 3 is 1.12 bits per heavy atom. The van der Waals surface area contributed by atoms with Crippen LogP contribution in [0.25, 0.3) is 0 Å². The molecule has 15 nitrogen and oxygen atoms in total. The summed E-state index contributed by atoms with van der Waals surface area (Å²) in [6.07, 6.45) is -5.96. The molecule has 0 spiro atoms. The van der Waals surface area contributed by atoms with Crippen molar-refractivity contribution in [1.82, 2.24) is 0 Å². The average Bonchev–Trinajstić information content (AvgIpc) is 1.44. The zero-order chi connectivity index (χ0) is 74.3. The lowest BCUT2D eigenvalue weighted by Crippen LogP contribution is -2.72. The van der Waals surface area contributed by atoms with Crippen molar-refractivity contribution in [2.24, 2.45) is 0 Å². The second-order valence-corrected chi connectivity index (χ2v) is 26.9. The summed E-state index contributed by atoms with van der Waals surface area (Å²) in [7, 11) is 3.96. The van der Waals surface area contributed by atoms with Crippen LogP contribution in [-0.2, 0) is 111 Å². The number of hydrogen-bond donors (Lipinski definition) is 3. The molecule has 3 N–H and O–H groups in total. The molecule has 9 atom stereocenters. The van der Waals surface area contributed by atoms with Gasteiger partial charge < -0.3 is 72.2 Å². The van der Waals surface area contributed by atoms with Crippen LogP contribution in [0.4, 0.5) is 17.6 Å². The second-order valence-electron chi connectivity index (χ2n) is 26.1. The normalized spacial score (nSPS) is 22.3. The summed E-state index contributed by atoms with van der Waals surface area (Å²) in [5.41, 5.74) is 4.08. The van der Waals surface area contributed by atoms with Crippen LogP contribution in [0.5, 0.6) is 11.5 Å². The highest BCUT2D eigenvalue weighted by atomic mass is 35.5. The summed E-state index contributed by atoms with van der Waals surface area (Å²) in [6.45, 7) is -0.952. The van der Waals surface area contributed by atoms with Gasteiger partial charge in [-0.05, 0) is 92.0 Å². The maximum atomic E-state index is 15.2. The standard InChI is InChI=1S/C43H43ClF2O8.C42H39ClF2O7/c1-49-36-21-18-32(37(45)38(36)46)22-33-23-34(19-20-35(33)44)43(50-2)41(53-26-31-16-10-5-11-17-31)39(51-24-29-12-6-3-7-13-29)40(42(27-47,28-48)54-43)52-25-30-14-8-4-9-15-30;1-47-35-20-17-31(36(44)37(35)45)21-32-22-33(18-19-34(32)43)42-40(50-25-30-15-9-4-10-16-30)38(48-23-28-11-5-2-6-12-28)39(41(26-46,52-42)27-51-42)49-24-29-13-7-3-8-14-29/h3-21,23,39-41,47-48H,22,24-28H2,1-2H3;2-20,22,38-40,46H,21,23-27H2,1H3/t39-,40-,41+,43-;38-,39+,40-,41+,42-/m00/s1. The summed E-state index contributed by atoms with van der Waals surface area (Å²) in [5.74, 6) is -8.20. The monoisotopic (exact) mass is 1490 g/mol. The van der Waals surface area contributed by atoms with Crippen LogP contribution in [0.3, 0.4) is 0 Å². The van der Waals surface area contributed by atoms with Gasteiger partial charge in [0.25, 0.3) is 0 Å². The van der Waals surface area contributed by atoms with E-state index in [-0.39, 0.29) is 86.7 Å². The van der Waals surface area contributed by atoms with Gasteiger partial charge in [0.15, 0.2) is 23.1 Å². The maximum absolute atomic E-state index is 15.2. The Morgan fingerprint density at radius 1 is 0.377 bits per heavy atom.